The van der Waals surface area contributed by atoms with E-state index in [2.05, 4.69) is 20.6 Å². The summed E-state index contributed by atoms with van der Waals surface area (Å²) in [6.07, 6.45) is 0. The molecule has 0 saturated carbocycles. The molecular formula is C10H18N6O. The zero-order valence-electron chi connectivity index (χ0n) is 10.3. The number of nitrogens with one attached hydrogen (secondary N) is 2. The first-order valence-corrected chi connectivity index (χ1v) is 5.29. The number of urea groups is 1. The molecule has 0 bridgehead atoms. The van der Waals surface area contributed by atoms with Crippen LogP contribution in [0.15, 0.2) is 6.07 Å². The highest BCUT2D eigenvalue weighted by molar-refractivity contribution is 5.73. The quantitative estimate of drug-likeness (QED) is 0.644. The second kappa shape index (κ2) is 5.88. The number of anilines is 2. The number of hydrogen-bond donors (Lipinski definition) is 3. The van der Waals surface area contributed by atoms with E-state index >= 15 is 0 Å². The highest BCUT2D eigenvalue weighted by Crippen LogP contribution is 2.06. The number of nitrogens with zero attached hydrogens (tertiary/aromatic N) is 3. The van der Waals surface area contributed by atoms with Crippen molar-refractivity contribution < 1.29 is 4.79 Å². The summed E-state index contributed by atoms with van der Waals surface area (Å²) in [5.74, 6) is 1.70. The number of carbonyl (C=O) groups excluding carboxylic acids is 1. The monoisotopic (exact) mass is 238 g/mol. The minimum Gasteiger partial charge on any atom is -0.384 e. The van der Waals surface area contributed by atoms with E-state index in [0.29, 0.717) is 30.5 Å². The van der Waals surface area contributed by atoms with Crippen molar-refractivity contribution in [2.45, 2.75) is 6.92 Å². The Labute approximate surface area is 100 Å². The van der Waals surface area contributed by atoms with E-state index < -0.39 is 0 Å². The molecule has 0 unspecified atom stereocenters. The van der Waals surface area contributed by atoms with Gasteiger partial charge in [0.15, 0.2) is 0 Å². The SMILES string of the molecule is Cc1nc(N)cc(NCCNC(=O)N(C)C)n1. The summed E-state index contributed by atoms with van der Waals surface area (Å²) in [4.78, 5) is 20.8. The normalized spacial score (nSPS) is 9.82. The maximum atomic E-state index is 11.2. The summed E-state index contributed by atoms with van der Waals surface area (Å²) in [6.45, 7) is 2.87. The molecule has 0 aliphatic heterocycles. The van der Waals surface area contributed by atoms with Gasteiger partial charge in [0.2, 0.25) is 0 Å². The van der Waals surface area contributed by atoms with Crippen molar-refractivity contribution in [3.63, 3.8) is 0 Å². The molecule has 4 N–H and O–H groups in total. The fourth-order valence-electron chi connectivity index (χ4n) is 1.20. The molecule has 2 amide bonds. The Morgan fingerprint density at radius 1 is 1.41 bits per heavy atom. The number of nitrogens with two attached hydrogens (primary N) is 1. The zero-order chi connectivity index (χ0) is 12.8. The van der Waals surface area contributed by atoms with Crippen molar-refractivity contribution in [2.75, 3.05) is 38.2 Å². The van der Waals surface area contributed by atoms with Gasteiger partial charge in [-0.2, -0.15) is 0 Å². The number of aromatic nitrogens is 2. The first-order chi connectivity index (χ1) is 7.99. The van der Waals surface area contributed by atoms with E-state index in [4.69, 9.17) is 5.73 Å². The van der Waals surface area contributed by atoms with Gasteiger partial charge in [-0.1, -0.05) is 0 Å². The lowest BCUT2D eigenvalue weighted by Crippen LogP contribution is -2.37. The second-order valence-corrected chi connectivity index (χ2v) is 3.78. The van der Waals surface area contributed by atoms with E-state index in [0.717, 1.165) is 0 Å². The lowest BCUT2D eigenvalue weighted by Gasteiger charge is -2.12. The largest absolute Gasteiger partial charge is 0.384 e. The van der Waals surface area contributed by atoms with Gasteiger partial charge in [0, 0.05) is 33.3 Å². The first-order valence-electron chi connectivity index (χ1n) is 5.29. The zero-order valence-corrected chi connectivity index (χ0v) is 10.3. The molecule has 1 heterocycles. The Bertz CT molecular complexity index is 372. The number of nitrogen functional groups attached to an aromatic ring is 1. The van der Waals surface area contributed by atoms with Crippen LogP contribution in [0.3, 0.4) is 0 Å². The smallest absolute Gasteiger partial charge is 0.316 e. The van der Waals surface area contributed by atoms with Gasteiger partial charge in [-0.15, -0.1) is 0 Å². The summed E-state index contributed by atoms with van der Waals surface area (Å²) in [7, 11) is 3.38. The van der Waals surface area contributed by atoms with Crippen molar-refractivity contribution in [1.29, 1.82) is 0 Å². The van der Waals surface area contributed by atoms with E-state index in [1.54, 1.807) is 27.1 Å². The maximum Gasteiger partial charge on any atom is 0.316 e. The van der Waals surface area contributed by atoms with Gasteiger partial charge in [0.05, 0.1) is 0 Å². The lowest BCUT2D eigenvalue weighted by atomic mass is 10.5. The van der Waals surface area contributed by atoms with Crippen molar-refractivity contribution in [2.24, 2.45) is 0 Å². The minimum absolute atomic E-state index is 0.120. The van der Waals surface area contributed by atoms with Gasteiger partial charge in [-0.05, 0) is 6.92 Å². The molecule has 0 fully saturated rings. The molecule has 1 aromatic rings. The lowest BCUT2D eigenvalue weighted by molar-refractivity contribution is 0.218. The minimum atomic E-state index is -0.120. The van der Waals surface area contributed by atoms with Crippen molar-refractivity contribution in [3.8, 4) is 0 Å². The van der Waals surface area contributed by atoms with E-state index in [-0.39, 0.29) is 6.03 Å². The van der Waals surface area contributed by atoms with Gasteiger partial charge < -0.3 is 21.3 Å². The maximum absolute atomic E-state index is 11.2. The molecule has 0 atom stereocenters. The van der Waals surface area contributed by atoms with Gasteiger partial charge in [0.1, 0.15) is 17.5 Å². The van der Waals surface area contributed by atoms with Gasteiger partial charge in [-0.25, -0.2) is 14.8 Å². The summed E-state index contributed by atoms with van der Waals surface area (Å²) < 4.78 is 0. The number of hydrogen-bond acceptors (Lipinski definition) is 5. The van der Waals surface area contributed by atoms with Crippen LogP contribution in [-0.4, -0.2) is 48.1 Å². The fourth-order valence-corrected chi connectivity index (χ4v) is 1.20. The summed E-state index contributed by atoms with van der Waals surface area (Å²) in [6, 6.07) is 1.53. The Balaban J connectivity index is 2.33. The predicted molar refractivity (Wildman–Crippen MR) is 66.8 cm³/mol. The van der Waals surface area contributed by atoms with E-state index in [1.807, 2.05) is 0 Å². The van der Waals surface area contributed by atoms with Gasteiger partial charge in [-0.3, -0.25) is 0 Å². The standard InChI is InChI=1S/C10H18N6O/c1-7-14-8(11)6-9(15-7)12-4-5-13-10(17)16(2)3/h6H,4-5H2,1-3H3,(H,13,17)(H3,11,12,14,15). The molecule has 17 heavy (non-hydrogen) atoms. The average molecular weight is 238 g/mol. The molecule has 0 spiro atoms. The molecule has 0 aromatic carbocycles. The van der Waals surface area contributed by atoms with Crippen molar-refractivity contribution >= 4 is 17.7 Å². The third kappa shape index (κ3) is 4.54. The summed E-state index contributed by atoms with van der Waals surface area (Å²) in [5.41, 5.74) is 5.58. The molecule has 1 aromatic heterocycles. The Morgan fingerprint density at radius 2 is 2.12 bits per heavy atom. The van der Waals surface area contributed by atoms with Crippen LogP contribution in [0.25, 0.3) is 0 Å². The highest BCUT2D eigenvalue weighted by Gasteiger charge is 2.01. The molecule has 0 radical (unpaired) electrons. The Hall–Kier alpha value is -2.05. The molecule has 0 aliphatic rings. The molecular weight excluding hydrogens is 220 g/mol. The third-order valence-corrected chi connectivity index (χ3v) is 1.97. The Kier molecular flexibility index (Phi) is 4.50. The molecule has 0 saturated heterocycles. The Morgan fingerprint density at radius 3 is 2.71 bits per heavy atom. The average Bonchev–Trinajstić information content (AvgIpc) is 2.22. The molecule has 7 nitrogen and oxygen atoms in total. The molecule has 0 aliphatic carbocycles. The van der Waals surface area contributed by atoms with Crippen LogP contribution in [0, 0.1) is 6.92 Å². The van der Waals surface area contributed by atoms with Crippen LogP contribution in [0.5, 0.6) is 0 Å². The summed E-state index contributed by atoms with van der Waals surface area (Å²) in [5, 5.41) is 5.79. The van der Waals surface area contributed by atoms with Gasteiger partial charge in [0.25, 0.3) is 0 Å². The van der Waals surface area contributed by atoms with Crippen LogP contribution in [-0.2, 0) is 0 Å². The molecule has 1 rings (SSSR count). The van der Waals surface area contributed by atoms with E-state index in [9.17, 15) is 4.79 Å². The number of amides is 2. The molecule has 7 heteroatoms. The van der Waals surface area contributed by atoms with Crippen LogP contribution < -0.4 is 16.4 Å². The van der Waals surface area contributed by atoms with Gasteiger partial charge >= 0.3 is 6.03 Å². The van der Waals surface area contributed by atoms with Crippen LogP contribution in [0.4, 0.5) is 16.4 Å². The first kappa shape index (κ1) is 13.0. The predicted octanol–water partition coefficient (Wildman–Crippen LogP) is 0.0503. The topological polar surface area (TPSA) is 96.2 Å². The second-order valence-electron chi connectivity index (χ2n) is 3.78. The highest BCUT2D eigenvalue weighted by atomic mass is 16.2. The van der Waals surface area contributed by atoms with Crippen LogP contribution >= 0.6 is 0 Å². The summed E-state index contributed by atoms with van der Waals surface area (Å²) >= 11 is 0. The van der Waals surface area contributed by atoms with Crippen molar-refractivity contribution in [1.82, 2.24) is 20.2 Å². The fraction of sp³-hybridized carbons (Fsp3) is 0.500. The van der Waals surface area contributed by atoms with E-state index in [1.165, 1.54) is 4.90 Å². The number of rotatable bonds is 4. The number of carbonyl (C=O) groups is 1. The van der Waals surface area contributed by atoms with Crippen molar-refractivity contribution in [3.05, 3.63) is 11.9 Å². The number of aryl methyl sites for hydroxylation is 1. The van der Waals surface area contributed by atoms with Crippen LogP contribution in [0.2, 0.25) is 0 Å². The molecule has 94 valence electrons. The van der Waals surface area contributed by atoms with Crippen LogP contribution in [0.1, 0.15) is 5.82 Å². The third-order valence-electron chi connectivity index (χ3n) is 1.97.